The van der Waals surface area contributed by atoms with Crippen LogP contribution in [0.2, 0.25) is 0 Å². The van der Waals surface area contributed by atoms with Gasteiger partial charge in [0.1, 0.15) is 0 Å². The molecule has 0 saturated heterocycles. The normalized spacial score (nSPS) is 28.5. The summed E-state index contributed by atoms with van der Waals surface area (Å²) >= 11 is 3.59. The molecule has 1 fully saturated rings. The molecule has 0 bridgehead atoms. The maximum absolute atomic E-state index is 5.87. The molecule has 1 unspecified atom stereocenters. The number of hydrogen-bond donors (Lipinski definition) is 0. The minimum Gasteiger partial charge on any atom is -0.378 e. The molecule has 0 radical (unpaired) electrons. The zero-order valence-corrected chi connectivity index (χ0v) is 11.1. The summed E-state index contributed by atoms with van der Waals surface area (Å²) in [6, 6.07) is 0. The maximum Gasteiger partial charge on any atom is 0.0596 e. The quantitative estimate of drug-likeness (QED) is 0.627. The largest absolute Gasteiger partial charge is 0.378 e. The zero-order chi connectivity index (χ0) is 10.4. The van der Waals surface area contributed by atoms with Crippen molar-refractivity contribution in [3.05, 3.63) is 0 Å². The van der Waals surface area contributed by atoms with E-state index in [9.17, 15) is 0 Å². The summed E-state index contributed by atoms with van der Waals surface area (Å²) in [5, 5.41) is 0. The molecule has 1 atom stereocenters. The first kappa shape index (κ1) is 12.5. The van der Waals surface area contributed by atoms with Crippen molar-refractivity contribution >= 4 is 15.9 Å². The van der Waals surface area contributed by atoms with Crippen LogP contribution in [0.1, 0.15) is 52.4 Å². The van der Waals surface area contributed by atoms with Crippen molar-refractivity contribution in [1.82, 2.24) is 0 Å². The van der Waals surface area contributed by atoms with Gasteiger partial charge in [0.15, 0.2) is 0 Å². The number of ether oxygens (including phenoxy) is 1. The van der Waals surface area contributed by atoms with Crippen LogP contribution in [-0.4, -0.2) is 17.5 Å². The fraction of sp³-hybridized carbons (Fsp3) is 1.00. The molecule has 2 heteroatoms. The molecule has 0 spiro atoms. The van der Waals surface area contributed by atoms with Gasteiger partial charge in [0, 0.05) is 11.4 Å². The molecule has 0 aromatic carbocycles. The summed E-state index contributed by atoms with van der Waals surface area (Å²) in [4.78, 5) is 0.725. The van der Waals surface area contributed by atoms with E-state index in [2.05, 4.69) is 29.8 Å². The number of hydrogen-bond acceptors (Lipinski definition) is 1. The Bertz CT molecular complexity index is 143. The lowest BCUT2D eigenvalue weighted by molar-refractivity contribution is -0.0135. The summed E-state index contributed by atoms with van der Waals surface area (Å²) in [7, 11) is 0. The first-order valence-electron chi connectivity index (χ1n) is 6.01. The summed E-state index contributed by atoms with van der Waals surface area (Å²) in [6.45, 7) is 5.52. The molecule has 0 amide bonds. The molecule has 1 aliphatic rings. The number of unbranched alkanes of at least 4 members (excludes halogenated alkanes) is 1. The molecule has 0 N–H and O–H groups in total. The van der Waals surface area contributed by atoms with E-state index in [1.165, 1.54) is 38.5 Å². The third kappa shape index (κ3) is 4.31. The highest BCUT2D eigenvalue weighted by Gasteiger charge is 2.27. The maximum atomic E-state index is 5.87. The van der Waals surface area contributed by atoms with Crippen LogP contribution in [0.5, 0.6) is 0 Å². The summed E-state index contributed by atoms with van der Waals surface area (Å²) in [5.41, 5.74) is 0. The van der Waals surface area contributed by atoms with Crippen molar-refractivity contribution in [2.75, 3.05) is 6.61 Å². The summed E-state index contributed by atoms with van der Waals surface area (Å²) in [6.07, 6.45) is 8.25. The van der Waals surface area contributed by atoms with Crippen LogP contribution in [0.4, 0.5) is 0 Å². The average molecular weight is 263 g/mol. The van der Waals surface area contributed by atoms with Crippen LogP contribution in [0.15, 0.2) is 0 Å². The van der Waals surface area contributed by atoms with Crippen LogP contribution in [0.3, 0.4) is 0 Å². The van der Waals surface area contributed by atoms with E-state index >= 15 is 0 Å². The van der Waals surface area contributed by atoms with E-state index in [0.717, 1.165) is 17.4 Å². The van der Waals surface area contributed by atoms with Crippen LogP contribution in [-0.2, 0) is 4.74 Å². The monoisotopic (exact) mass is 262 g/mol. The van der Waals surface area contributed by atoms with E-state index in [1.54, 1.807) is 0 Å². The Morgan fingerprint density at radius 3 is 2.57 bits per heavy atom. The van der Waals surface area contributed by atoms with Crippen molar-refractivity contribution in [3.63, 3.8) is 0 Å². The Hall–Kier alpha value is 0.440. The Morgan fingerprint density at radius 2 is 2.07 bits per heavy atom. The Labute approximate surface area is 96.7 Å². The van der Waals surface area contributed by atoms with Crippen LogP contribution in [0.25, 0.3) is 0 Å². The van der Waals surface area contributed by atoms with Gasteiger partial charge in [-0.3, -0.25) is 0 Å². The van der Waals surface area contributed by atoms with E-state index in [0.29, 0.717) is 6.10 Å². The molecular weight excluding hydrogens is 240 g/mol. The first-order chi connectivity index (χ1) is 6.76. The highest BCUT2D eigenvalue weighted by Crippen LogP contribution is 2.30. The molecule has 1 nitrogen and oxygen atoms in total. The summed E-state index contributed by atoms with van der Waals surface area (Å²) in [5.74, 6) is 0.796. The Balaban J connectivity index is 2.02. The van der Waals surface area contributed by atoms with Crippen LogP contribution >= 0.6 is 15.9 Å². The van der Waals surface area contributed by atoms with Crippen molar-refractivity contribution in [1.29, 1.82) is 0 Å². The van der Waals surface area contributed by atoms with E-state index in [1.807, 2.05) is 0 Å². The van der Waals surface area contributed by atoms with Crippen molar-refractivity contribution in [3.8, 4) is 0 Å². The smallest absolute Gasteiger partial charge is 0.0596 e. The second-order valence-corrected chi connectivity index (χ2v) is 5.74. The fourth-order valence-corrected chi connectivity index (χ4v) is 2.64. The molecule has 0 aromatic heterocycles. The molecule has 1 aliphatic carbocycles. The highest BCUT2D eigenvalue weighted by atomic mass is 79.9. The molecular formula is C12H23BrO. The van der Waals surface area contributed by atoms with Gasteiger partial charge in [-0.25, -0.2) is 0 Å². The van der Waals surface area contributed by atoms with Crippen molar-refractivity contribution < 1.29 is 4.74 Å². The van der Waals surface area contributed by atoms with Gasteiger partial charge in [-0.2, -0.15) is 0 Å². The van der Waals surface area contributed by atoms with Gasteiger partial charge in [-0.15, -0.1) is 0 Å². The molecule has 14 heavy (non-hydrogen) atoms. The average Bonchev–Trinajstić information content (AvgIpc) is 2.15. The van der Waals surface area contributed by atoms with Gasteiger partial charge >= 0.3 is 0 Å². The van der Waals surface area contributed by atoms with Gasteiger partial charge in [0.2, 0.25) is 0 Å². The lowest BCUT2D eigenvalue weighted by atomic mass is 9.95. The van der Waals surface area contributed by atoms with Gasteiger partial charge in [0.05, 0.1) is 6.10 Å². The van der Waals surface area contributed by atoms with Gasteiger partial charge < -0.3 is 4.74 Å². The lowest BCUT2D eigenvalue weighted by Crippen LogP contribution is -2.33. The topological polar surface area (TPSA) is 9.23 Å². The third-order valence-electron chi connectivity index (χ3n) is 3.15. The van der Waals surface area contributed by atoms with E-state index in [4.69, 9.17) is 4.74 Å². The second kappa shape index (κ2) is 6.84. The number of halogens is 1. The molecule has 0 aliphatic heterocycles. The standard InChI is InChI=1S/C12H23BrO/c1-3-5-6-10(4-2)9-14-12-7-11(13)8-12/h10-12H,3-9H2,1-2H3. The fourth-order valence-electron chi connectivity index (χ4n) is 1.81. The first-order valence-corrected chi connectivity index (χ1v) is 6.93. The molecule has 84 valence electrons. The SMILES string of the molecule is CCCCC(CC)COC1CC(Br)C1. The van der Waals surface area contributed by atoms with E-state index in [-0.39, 0.29) is 0 Å². The second-order valence-electron chi connectivity index (χ2n) is 4.44. The van der Waals surface area contributed by atoms with Crippen molar-refractivity contribution in [2.45, 2.75) is 63.3 Å². The van der Waals surface area contributed by atoms with Gasteiger partial charge in [-0.1, -0.05) is 49.0 Å². The summed E-state index contributed by atoms with van der Waals surface area (Å²) < 4.78 is 5.87. The molecule has 1 saturated carbocycles. The molecule has 1 rings (SSSR count). The number of alkyl halides is 1. The van der Waals surface area contributed by atoms with Gasteiger partial charge in [-0.05, 0) is 25.2 Å². The number of rotatable bonds is 7. The minimum absolute atomic E-state index is 0.551. The van der Waals surface area contributed by atoms with E-state index < -0.39 is 0 Å². The predicted molar refractivity (Wildman–Crippen MR) is 65.0 cm³/mol. The third-order valence-corrected chi connectivity index (χ3v) is 3.90. The van der Waals surface area contributed by atoms with Crippen molar-refractivity contribution in [2.24, 2.45) is 5.92 Å². The predicted octanol–water partition coefficient (Wildman–Crippen LogP) is 4.15. The van der Waals surface area contributed by atoms with Crippen LogP contribution in [0, 0.1) is 5.92 Å². The lowest BCUT2D eigenvalue weighted by Gasteiger charge is -2.32. The molecule has 0 aromatic rings. The Morgan fingerprint density at radius 1 is 1.36 bits per heavy atom. The molecule has 0 heterocycles. The van der Waals surface area contributed by atoms with Crippen LogP contribution < -0.4 is 0 Å². The Kier molecular flexibility index (Phi) is 6.11. The minimum atomic E-state index is 0.551. The zero-order valence-electron chi connectivity index (χ0n) is 9.47. The van der Waals surface area contributed by atoms with Gasteiger partial charge in [0.25, 0.3) is 0 Å². The highest BCUT2D eigenvalue weighted by molar-refractivity contribution is 9.09.